The van der Waals surface area contributed by atoms with E-state index in [4.69, 9.17) is 10.8 Å². The van der Waals surface area contributed by atoms with E-state index < -0.39 is 5.97 Å². The monoisotopic (exact) mass is 211 g/mol. The fourth-order valence-electron chi connectivity index (χ4n) is 1.33. The lowest BCUT2D eigenvalue weighted by Gasteiger charge is -1.95. The zero-order valence-electron chi connectivity index (χ0n) is 7.74. The summed E-state index contributed by atoms with van der Waals surface area (Å²) < 4.78 is 1.67. The highest BCUT2D eigenvalue weighted by atomic mass is 32.1. The van der Waals surface area contributed by atoms with Gasteiger partial charge in [0.25, 0.3) is 0 Å². The molecule has 2 aromatic rings. The maximum atomic E-state index is 10.7. The third kappa shape index (κ3) is 1.00. The van der Waals surface area contributed by atoms with Crippen molar-refractivity contribution >= 4 is 28.1 Å². The van der Waals surface area contributed by atoms with E-state index in [2.05, 4.69) is 4.98 Å². The number of nitrogens with zero attached hydrogens (tertiary/aromatic N) is 2. The minimum Gasteiger partial charge on any atom is -0.476 e. The van der Waals surface area contributed by atoms with E-state index in [1.54, 1.807) is 4.40 Å². The van der Waals surface area contributed by atoms with Gasteiger partial charge in [0.1, 0.15) is 5.82 Å². The highest BCUT2D eigenvalue weighted by molar-refractivity contribution is 7.17. The third-order valence-electron chi connectivity index (χ3n) is 2.17. The van der Waals surface area contributed by atoms with Crippen LogP contribution in [0.2, 0.25) is 0 Å². The topological polar surface area (TPSA) is 80.6 Å². The first kappa shape index (κ1) is 9.01. The minimum atomic E-state index is -1.09. The molecule has 5 nitrogen and oxygen atoms in total. The molecule has 6 heteroatoms. The molecule has 2 rings (SSSR count). The van der Waals surface area contributed by atoms with Crippen LogP contribution in [-0.4, -0.2) is 20.5 Å². The number of aryl methyl sites for hydroxylation is 2. The van der Waals surface area contributed by atoms with Crippen LogP contribution >= 0.6 is 11.3 Å². The lowest BCUT2D eigenvalue weighted by molar-refractivity contribution is 0.0692. The molecule has 0 aliphatic rings. The van der Waals surface area contributed by atoms with Crippen molar-refractivity contribution in [3.8, 4) is 0 Å². The Labute approximate surface area is 83.8 Å². The highest BCUT2D eigenvalue weighted by Crippen LogP contribution is 2.26. The number of nitrogen functional groups attached to an aromatic ring is 1. The van der Waals surface area contributed by atoms with Crippen LogP contribution in [0.25, 0.3) is 4.96 Å². The quantitative estimate of drug-likeness (QED) is 0.744. The molecule has 0 atom stereocenters. The molecule has 0 bridgehead atoms. The van der Waals surface area contributed by atoms with Gasteiger partial charge in [0.2, 0.25) is 0 Å². The van der Waals surface area contributed by atoms with E-state index in [1.165, 1.54) is 11.3 Å². The molecule has 2 heterocycles. The maximum absolute atomic E-state index is 10.7. The first-order chi connectivity index (χ1) is 6.52. The molecule has 0 spiro atoms. The van der Waals surface area contributed by atoms with Crippen LogP contribution in [0, 0.1) is 13.8 Å². The van der Waals surface area contributed by atoms with Crippen LogP contribution in [-0.2, 0) is 0 Å². The van der Waals surface area contributed by atoms with Gasteiger partial charge in [0, 0.05) is 10.6 Å². The van der Waals surface area contributed by atoms with E-state index >= 15 is 0 Å². The number of nitrogens with two attached hydrogens (primary N) is 1. The predicted octanol–water partition coefficient (Wildman–Crippen LogP) is 1.29. The fourth-order valence-corrected chi connectivity index (χ4v) is 2.31. The molecule has 0 radical (unpaired) electrons. The number of rotatable bonds is 1. The number of hydrogen-bond acceptors (Lipinski definition) is 4. The summed E-state index contributed by atoms with van der Waals surface area (Å²) in [6.45, 7) is 3.84. The van der Waals surface area contributed by atoms with E-state index in [0.717, 1.165) is 10.6 Å². The first-order valence-electron chi connectivity index (χ1n) is 3.99. The molecule has 0 fully saturated rings. The molecular formula is C8H9N3O2S. The van der Waals surface area contributed by atoms with Gasteiger partial charge in [0.05, 0.1) is 0 Å². The van der Waals surface area contributed by atoms with Gasteiger partial charge in [-0.05, 0) is 13.8 Å². The van der Waals surface area contributed by atoms with Crippen molar-refractivity contribution in [1.82, 2.24) is 9.38 Å². The summed E-state index contributed by atoms with van der Waals surface area (Å²) in [4.78, 5) is 16.4. The van der Waals surface area contributed by atoms with Crippen LogP contribution in [0.5, 0.6) is 0 Å². The van der Waals surface area contributed by atoms with Gasteiger partial charge in [-0.1, -0.05) is 0 Å². The third-order valence-corrected chi connectivity index (χ3v) is 3.23. The Kier molecular flexibility index (Phi) is 1.75. The summed E-state index contributed by atoms with van der Waals surface area (Å²) in [6, 6.07) is 0. The van der Waals surface area contributed by atoms with Crippen molar-refractivity contribution in [1.29, 1.82) is 0 Å². The zero-order chi connectivity index (χ0) is 10.5. The van der Waals surface area contributed by atoms with Gasteiger partial charge in [-0.3, -0.25) is 4.40 Å². The Morgan fingerprint density at radius 2 is 2.21 bits per heavy atom. The molecule has 0 saturated carbocycles. The van der Waals surface area contributed by atoms with E-state index in [-0.39, 0.29) is 11.5 Å². The van der Waals surface area contributed by atoms with Gasteiger partial charge in [0.15, 0.2) is 10.7 Å². The Bertz CT molecular complexity index is 526. The second kappa shape index (κ2) is 2.71. The Balaban J connectivity index is 2.84. The van der Waals surface area contributed by atoms with Crippen molar-refractivity contribution in [3.63, 3.8) is 0 Å². The van der Waals surface area contributed by atoms with Crippen LogP contribution < -0.4 is 5.73 Å². The molecule has 0 aliphatic heterocycles. The van der Waals surface area contributed by atoms with Gasteiger partial charge in [-0.25, -0.2) is 9.78 Å². The molecule has 3 N–H and O–H groups in total. The molecule has 74 valence electrons. The number of carboxylic acids is 1. The number of hydrogen-bond donors (Lipinski definition) is 2. The molecule has 0 amide bonds. The standard InChI is InChI=1S/C8H9N3O2S/c1-3-4(2)14-8-10-5(7(12)13)6(9)11(3)8/h9H2,1-2H3,(H,12,13). The average Bonchev–Trinajstić information content (AvgIpc) is 2.54. The molecular weight excluding hydrogens is 202 g/mol. The van der Waals surface area contributed by atoms with Gasteiger partial charge >= 0.3 is 5.97 Å². The minimum absolute atomic E-state index is 0.0700. The number of anilines is 1. The van der Waals surface area contributed by atoms with Gasteiger partial charge in [-0.2, -0.15) is 0 Å². The normalized spacial score (nSPS) is 11.0. The number of aromatic nitrogens is 2. The Morgan fingerprint density at radius 1 is 1.57 bits per heavy atom. The maximum Gasteiger partial charge on any atom is 0.358 e. The summed E-state index contributed by atoms with van der Waals surface area (Å²) in [6.07, 6.45) is 0. The zero-order valence-corrected chi connectivity index (χ0v) is 8.55. The summed E-state index contributed by atoms with van der Waals surface area (Å²) >= 11 is 1.44. The number of fused-ring (bicyclic) bond motifs is 1. The Hall–Kier alpha value is -1.56. The molecule has 0 saturated heterocycles. The van der Waals surface area contributed by atoms with Crippen molar-refractivity contribution in [2.45, 2.75) is 13.8 Å². The highest BCUT2D eigenvalue weighted by Gasteiger charge is 2.19. The van der Waals surface area contributed by atoms with E-state index in [0.29, 0.717) is 4.96 Å². The van der Waals surface area contributed by atoms with Crippen molar-refractivity contribution in [2.75, 3.05) is 5.73 Å². The van der Waals surface area contributed by atoms with Crippen LogP contribution in [0.4, 0.5) is 5.82 Å². The number of carbonyl (C=O) groups is 1. The SMILES string of the molecule is Cc1sc2nc(C(=O)O)c(N)n2c1C. The second-order valence-electron chi connectivity index (χ2n) is 3.01. The Morgan fingerprint density at radius 3 is 2.71 bits per heavy atom. The number of thiazole rings is 1. The van der Waals surface area contributed by atoms with Crippen LogP contribution in [0.1, 0.15) is 21.1 Å². The van der Waals surface area contributed by atoms with Crippen molar-refractivity contribution in [2.24, 2.45) is 0 Å². The average molecular weight is 211 g/mol. The summed E-state index contributed by atoms with van der Waals surface area (Å²) in [7, 11) is 0. The molecule has 0 aromatic carbocycles. The van der Waals surface area contributed by atoms with Crippen LogP contribution in [0.3, 0.4) is 0 Å². The van der Waals surface area contributed by atoms with Crippen molar-refractivity contribution < 1.29 is 9.90 Å². The smallest absolute Gasteiger partial charge is 0.358 e. The summed E-state index contributed by atoms with van der Waals surface area (Å²) in [5.74, 6) is -0.884. The van der Waals surface area contributed by atoms with E-state index in [1.807, 2.05) is 13.8 Å². The molecule has 14 heavy (non-hydrogen) atoms. The number of carboxylic acid groups (broad SMARTS) is 1. The second-order valence-corrected chi connectivity index (χ2v) is 4.19. The summed E-state index contributed by atoms with van der Waals surface area (Å²) in [5.41, 5.74) is 6.56. The number of aromatic carboxylic acids is 1. The van der Waals surface area contributed by atoms with Crippen molar-refractivity contribution in [3.05, 3.63) is 16.3 Å². The predicted molar refractivity (Wildman–Crippen MR) is 53.9 cm³/mol. The molecule has 0 unspecified atom stereocenters. The fraction of sp³-hybridized carbons (Fsp3) is 0.250. The van der Waals surface area contributed by atoms with Gasteiger partial charge < -0.3 is 10.8 Å². The first-order valence-corrected chi connectivity index (χ1v) is 4.81. The largest absolute Gasteiger partial charge is 0.476 e. The van der Waals surface area contributed by atoms with Crippen LogP contribution in [0.15, 0.2) is 0 Å². The number of imidazole rings is 1. The summed E-state index contributed by atoms with van der Waals surface area (Å²) in [5, 5.41) is 8.79. The lowest BCUT2D eigenvalue weighted by atomic mass is 10.4. The van der Waals surface area contributed by atoms with Gasteiger partial charge in [-0.15, -0.1) is 11.3 Å². The van der Waals surface area contributed by atoms with E-state index in [9.17, 15) is 4.79 Å². The molecule has 2 aromatic heterocycles. The molecule has 0 aliphatic carbocycles. The lowest BCUT2D eigenvalue weighted by Crippen LogP contribution is -2.03.